The zero-order chi connectivity index (χ0) is 26.4. The minimum Gasteiger partial charge on any atom is -0.478 e. The van der Waals surface area contributed by atoms with Crippen LogP contribution in [0.25, 0.3) is 17.2 Å². The number of hydrogen-bond donors (Lipinski definition) is 1. The van der Waals surface area contributed by atoms with E-state index in [2.05, 4.69) is 24.3 Å². The molecule has 1 amide bonds. The Morgan fingerprint density at radius 3 is 2.06 bits per heavy atom. The highest BCUT2D eigenvalue weighted by Crippen LogP contribution is 2.26. The molecule has 36 heavy (non-hydrogen) atoms. The normalized spacial score (nSPS) is 12.1. The van der Waals surface area contributed by atoms with E-state index in [1.165, 1.54) is 11.0 Å². The van der Waals surface area contributed by atoms with Crippen LogP contribution in [-0.4, -0.2) is 31.1 Å². The standard InChI is InChI=1S/C31H28N2O3/c1-32(2)28-18-16-26(17-19-28)25-14-11-24(12-15-25)22-33(31(36)27-8-4-3-5-9-27)29-10-6-7-23(21-29)13-20-30(34)35/h3-21H,22H2,1-2H3,(H,34,35)/b20-13+/i22D/t22-/m1/s1. The number of amides is 1. The van der Waals surface area contributed by atoms with E-state index < -0.39 is 12.5 Å². The number of aliphatic carboxylic acids is 1. The van der Waals surface area contributed by atoms with Gasteiger partial charge in [0.2, 0.25) is 0 Å². The van der Waals surface area contributed by atoms with Crippen molar-refractivity contribution < 1.29 is 16.1 Å². The van der Waals surface area contributed by atoms with Gasteiger partial charge in [-0.3, -0.25) is 4.79 Å². The molecule has 5 nitrogen and oxygen atoms in total. The maximum absolute atomic E-state index is 13.6. The van der Waals surface area contributed by atoms with Gasteiger partial charge in [0, 0.05) is 37.1 Å². The van der Waals surface area contributed by atoms with Crippen LogP contribution in [0.1, 0.15) is 22.9 Å². The zero-order valence-corrected chi connectivity index (χ0v) is 20.2. The first kappa shape index (κ1) is 23.1. The molecule has 4 rings (SSSR count). The van der Waals surface area contributed by atoms with Crippen LogP contribution in [0.4, 0.5) is 11.4 Å². The van der Waals surface area contributed by atoms with E-state index in [1.807, 2.05) is 49.3 Å². The molecule has 1 atom stereocenters. The quantitative estimate of drug-likeness (QED) is 0.300. The molecule has 0 aliphatic rings. The predicted octanol–water partition coefficient (Wildman–Crippen LogP) is 6.36. The maximum atomic E-state index is 13.6. The number of benzene rings is 4. The number of rotatable bonds is 8. The summed E-state index contributed by atoms with van der Waals surface area (Å²) in [7, 11) is 4.00. The molecule has 0 fully saturated rings. The number of anilines is 2. The van der Waals surface area contributed by atoms with Crippen molar-refractivity contribution in [3.8, 4) is 11.1 Å². The highest BCUT2D eigenvalue weighted by molar-refractivity contribution is 6.06. The summed E-state index contributed by atoms with van der Waals surface area (Å²) in [5.41, 5.74) is 5.44. The Kier molecular flexibility index (Phi) is 7.19. The summed E-state index contributed by atoms with van der Waals surface area (Å²) in [6.07, 6.45) is 2.51. The van der Waals surface area contributed by atoms with E-state index in [0.717, 1.165) is 22.9 Å². The molecule has 0 radical (unpaired) electrons. The van der Waals surface area contributed by atoms with Crippen LogP contribution < -0.4 is 9.80 Å². The van der Waals surface area contributed by atoms with E-state index in [9.17, 15) is 9.59 Å². The highest BCUT2D eigenvalue weighted by Gasteiger charge is 2.18. The Bertz CT molecular complexity index is 1400. The molecule has 0 aromatic heterocycles. The minimum absolute atomic E-state index is 0.316. The average molecular weight is 478 g/mol. The lowest BCUT2D eigenvalue weighted by atomic mass is 10.0. The van der Waals surface area contributed by atoms with Crippen LogP contribution >= 0.6 is 0 Å². The van der Waals surface area contributed by atoms with Gasteiger partial charge in [-0.2, -0.15) is 0 Å². The van der Waals surface area contributed by atoms with E-state index in [1.54, 1.807) is 48.5 Å². The third-order valence-corrected chi connectivity index (χ3v) is 5.71. The minimum atomic E-state index is -1.06. The van der Waals surface area contributed by atoms with Gasteiger partial charge in [0.05, 0.1) is 7.89 Å². The summed E-state index contributed by atoms with van der Waals surface area (Å²) in [4.78, 5) is 28.0. The second-order valence-corrected chi connectivity index (χ2v) is 8.50. The number of carboxylic acids is 1. The predicted molar refractivity (Wildman–Crippen MR) is 146 cm³/mol. The van der Waals surface area contributed by atoms with E-state index in [0.29, 0.717) is 22.4 Å². The molecule has 180 valence electrons. The monoisotopic (exact) mass is 477 g/mol. The van der Waals surface area contributed by atoms with E-state index >= 15 is 0 Å². The van der Waals surface area contributed by atoms with Crippen molar-refractivity contribution in [1.82, 2.24) is 0 Å². The summed E-state index contributed by atoms with van der Waals surface area (Å²) in [6, 6.07) is 31.7. The second-order valence-electron chi connectivity index (χ2n) is 8.50. The van der Waals surface area contributed by atoms with Crippen molar-refractivity contribution >= 4 is 29.3 Å². The van der Waals surface area contributed by atoms with Gasteiger partial charge < -0.3 is 14.9 Å². The van der Waals surface area contributed by atoms with Crippen molar-refractivity contribution in [3.05, 3.63) is 126 Å². The molecular weight excluding hydrogens is 448 g/mol. The number of nitrogens with zero attached hydrogens (tertiary/aromatic N) is 2. The summed E-state index contributed by atoms with van der Waals surface area (Å²) in [5, 5.41) is 8.99. The van der Waals surface area contributed by atoms with Gasteiger partial charge in [0.25, 0.3) is 5.91 Å². The lowest BCUT2D eigenvalue weighted by Crippen LogP contribution is -2.30. The Hall–Kier alpha value is -4.64. The van der Waals surface area contributed by atoms with Gasteiger partial charge in [-0.25, -0.2) is 4.79 Å². The van der Waals surface area contributed by atoms with Crippen molar-refractivity contribution in [2.24, 2.45) is 0 Å². The SMILES string of the molecule is [2H][C@H](c1ccc(-c2ccc(N(C)C)cc2)cc1)N(C(=O)c1ccccc1)c1cccc(/C=C/C(=O)O)c1. The molecule has 0 aliphatic heterocycles. The molecule has 0 heterocycles. The van der Waals surface area contributed by atoms with Crippen LogP contribution in [-0.2, 0) is 11.3 Å². The Labute approximate surface area is 213 Å². The molecule has 0 saturated heterocycles. The van der Waals surface area contributed by atoms with Crippen molar-refractivity contribution in [3.63, 3.8) is 0 Å². The fourth-order valence-electron chi connectivity index (χ4n) is 3.78. The summed E-state index contributed by atoms with van der Waals surface area (Å²) in [6.45, 7) is -1.02. The summed E-state index contributed by atoms with van der Waals surface area (Å²) < 4.78 is 9.07. The van der Waals surface area contributed by atoms with Crippen molar-refractivity contribution in [1.29, 1.82) is 0 Å². The largest absolute Gasteiger partial charge is 0.478 e. The lowest BCUT2D eigenvalue weighted by molar-refractivity contribution is -0.131. The smallest absolute Gasteiger partial charge is 0.328 e. The second kappa shape index (κ2) is 11.2. The number of hydrogen-bond acceptors (Lipinski definition) is 3. The van der Waals surface area contributed by atoms with Gasteiger partial charge in [-0.05, 0) is 64.7 Å². The molecule has 0 bridgehead atoms. The number of carboxylic acid groups (broad SMARTS) is 1. The highest BCUT2D eigenvalue weighted by atomic mass is 16.4. The van der Waals surface area contributed by atoms with Crippen LogP contribution in [0.5, 0.6) is 0 Å². The van der Waals surface area contributed by atoms with Crippen LogP contribution in [0.2, 0.25) is 0 Å². The summed E-state index contributed by atoms with van der Waals surface area (Å²) >= 11 is 0. The van der Waals surface area contributed by atoms with Gasteiger partial charge in [-0.1, -0.05) is 66.7 Å². The Morgan fingerprint density at radius 1 is 0.806 bits per heavy atom. The van der Waals surface area contributed by atoms with Gasteiger partial charge >= 0.3 is 5.97 Å². The molecule has 4 aromatic rings. The molecule has 0 spiro atoms. The van der Waals surface area contributed by atoms with Crippen LogP contribution in [0.3, 0.4) is 0 Å². The topological polar surface area (TPSA) is 60.9 Å². The Morgan fingerprint density at radius 2 is 1.44 bits per heavy atom. The first-order chi connectivity index (χ1) is 17.8. The fourth-order valence-corrected chi connectivity index (χ4v) is 3.78. The van der Waals surface area contributed by atoms with Crippen molar-refractivity contribution in [2.45, 2.75) is 6.52 Å². The van der Waals surface area contributed by atoms with Crippen LogP contribution in [0.15, 0.2) is 109 Å². The molecule has 5 heteroatoms. The molecule has 1 N–H and O–H groups in total. The summed E-state index contributed by atoms with van der Waals surface area (Å²) in [5.74, 6) is -1.37. The van der Waals surface area contributed by atoms with E-state index in [-0.39, 0.29) is 5.91 Å². The van der Waals surface area contributed by atoms with Crippen molar-refractivity contribution in [2.75, 3.05) is 23.9 Å². The Balaban J connectivity index is 1.68. The van der Waals surface area contributed by atoms with E-state index in [4.69, 9.17) is 6.48 Å². The van der Waals surface area contributed by atoms with Gasteiger partial charge in [-0.15, -0.1) is 0 Å². The van der Waals surface area contributed by atoms with Crippen LogP contribution in [0, 0.1) is 0 Å². The first-order valence-corrected chi connectivity index (χ1v) is 11.5. The number of carbonyl (C=O) groups excluding carboxylic acids is 1. The zero-order valence-electron chi connectivity index (χ0n) is 21.2. The number of carbonyl (C=O) groups is 2. The molecule has 0 saturated carbocycles. The first-order valence-electron chi connectivity index (χ1n) is 12.1. The molecular formula is C31H28N2O3. The average Bonchev–Trinajstić information content (AvgIpc) is 2.93. The lowest BCUT2D eigenvalue weighted by Gasteiger charge is -2.24. The molecule has 0 unspecified atom stereocenters. The van der Waals surface area contributed by atoms with Gasteiger partial charge in [0.1, 0.15) is 0 Å². The molecule has 4 aromatic carbocycles. The third kappa shape index (κ3) is 6.07. The van der Waals surface area contributed by atoms with Gasteiger partial charge in [0.15, 0.2) is 0 Å². The maximum Gasteiger partial charge on any atom is 0.328 e. The fraction of sp³-hybridized carbons (Fsp3) is 0.0968. The molecule has 0 aliphatic carbocycles. The third-order valence-electron chi connectivity index (χ3n) is 5.71.